The molecule has 1 heterocycles. The number of ether oxygens (including phenoxy) is 1. The SMILES string of the molecule is COc1ccc(S(C)(=O)=O)cn1. The van der Waals surface area contributed by atoms with Gasteiger partial charge >= 0.3 is 0 Å². The van der Waals surface area contributed by atoms with E-state index in [-0.39, 0.29) is 4.90 Å². The third-order valence-corrected chi connectivity index (χ3v) is 2.44. The van der Waals surface area contributed by atoms with Crippen molar-refractivity contribution in [3.8, 4) is 5.88 Å². The highest BCUT2D eigenvalue weighted by Crippen LogP contribution is 2.10. The summed E-state index contributed by atoms with van der Waals surface area (Å²) >= 11 is 0. The maximum Gasteiger partial charge on any atom is 0.212 e. The van der Waals surface area contributed by atoms with E-state index in [1.165, 1.54) is 25.4 Å². The van der Waals surface area contributed by atoms with Crippen LogP contribution in [0.5, 0.6) is 5.88 Å². The van der Waals surface area contributed by atoms with Gasteiger partial charge in [0.1, 0.15) is 0 Å². The highest BCUT2D eigenvalue weighted by atomic mass is 32.2. The summed E-state index contributed by atoms with van der Waals surface area (Å²) in [7, 11) is -1.67. The third kappa shape index (κ3) is 1.94. The molecule has 0 saturated heterocycles. The molecule has 1 aromatic rings. The number of nitrogens with zero attached hydrogens (tertiary/aromatic N) is 1. The van der Waals surface area contributed by atoms with Gasteiger partial charge < -0.3 is 4.74 Å². The van der Waals surface area contributed by atoms with Crippen LogP contribution >= 0.6 is 0 Å². The third-order valence-electron chi connectivity index (χ3n) is 1.35. The topological polar surface area (TPSA) is 56.3 Å². The van der Waals surface area contributed by atoms with Crippen LogP contribution in [0.3, 0.4) is 0 Å². The quantitative estimate of drug-likeness (QED) is 0.676. The molecule has 0 unspecified atom stereocenters. The molecule has 0 radical (unpaired) electrons. The highest BCUT2D eigenvalue weighted by molar-refractivity contribution is 7.90. The average molecular weight is 187 g/mol. The van der Waals surface area contributed by atoms with E-state index in [9.17, 15) is 8.42 Å². The van der Waals surface area contributed by atoms with Gasteiger partial charge in [0.05, 0.1) is 12.0 Å². The van der Waals surface area contributed by atoms with Crippen LogP contribution < -0.4 is 4.74 Å². The Kier molecular flexibility index (Phi) is 2.32. The zero-order valence-electron chi connectivity index (χ0n) is 6.81. The van der Waals surface area contributed by atoms with Crippen LogP contribution in [0.4, 0.5) is 0 Å². The first kappa shape index (κ1) is 8.99. The molecule has 0 spiro atoms. The lowest BCUT2D eigenvalue weighted by Crippen LogP contribution is -1.98. The Balaban J connectivity index is 3.09. The Hall–Kier alpha value is -1.10. The van der Waals surface area contributed by atoms with Gasteiger partial charge in [-0.25, -0.2) is 13.4 Å². The van der Waals surface area contributed by atoms with Crippen LogP contribution in [-0.2, 0) is 9.84 Å². The van der Waals surface area contributed by atoms with E-state index in [4.69, 9.17) is 4.74 Å². The summed E-state index contributed by atoms with van der Waals surface area (Å²) in [4.78, 5) is 3.96. The van der Waals surface area contributed by atoms with Crippen molar-refractivity contribution in [3.05, 3.63) is 18.3 Å². The lowest BCUT2D eigenvalue weighted by molar-refractivity contribution is 0.397. The van der Waals surface area contributed by atoms with Gasteiger partial charge in [0.2, 0.25) is 5.88 Å². The number of hydrogen-bond donors (Lipinski definition) is 0. The first-order valence-electron chi connectivity index (χ1n) is 3.24. The van der Waals surface area contributed by atoms with Crippen molar-refractivity contribution in [1.82, 2.24) is 4.98 Å². The smallest absolute Gasteiger partial charge is 0.212 e. The highest BCUT2D eigenvalue weighted by Gasteiger charge is 2.06. The van der Waals surface area contributed by atoms with Crippen molar-refractivity contribution >= 4 is 9.84 Å². The minimum Gasteiger partial charge on any atom is -0.481 e. The average Bonchev–Trinajstić information content (AvgIpc) is 2.03. The lowest BCUT2D eigenvalue weighted by Gasteiger charge is -1.99. The molecule has 12 heavy (non-hydrogen) atoms. The maximum absolute atomic E-state index is 11.0. The second-order valence-corrected chi connectivity index (χ2v) is 4.32. The van der Waals surface area contributed by atoms with Crippen molar-refractivity contribution in [2.45, 2.75) is 4.90 Å². The van der Waals surface area contributed by atoms with Crippen LogP contribution in [0.25, 0.3) is 0 Å². The molecule has 4 nitrogen and oxygen atoms in total. The van der Waals surface area contributed by atoms with Gasteiger partial charge in [-0.1, -0.05) is 0 Å². The summed E-state index contributed by atoms with van der Waals surface area (Å²) in [6.45, 7) is 0. The van der Waals surface area contributed by atoms with Crippen molar-refractivity contribution in [1.29, 1.82) is 0 Å². The van der Waals surface area contributed by atoms with Gasteiger partial charge in [-0.3, -0.25) is 0 Å². The van der Waals surface area contributed by atoms with Gasteiger partial charge in [-0.2, -0.15) is 0 Å². The molecule has 0 aliphatic rings. The van der Waals surface area contributed by atoms with Crippen LogP contribution in [0, 0.1) is 0 Å². The predicted octanol–water partition coefficient (Wildman–Crippen LogP) is 0.494. The van der Waals surface area contributed by atoms with Crippen molar-refractivity contribution in [2.24, 2.45) is 0 Å². The Bertz CT molecular complexity index is 355. The molecule has 0 fully saturated rings. The van der Waals surface area contributed by atoms with E-state index < -0.39 is 9.84 Å². The first-order chi connectivity index (χ1) is 5.54. The number of pyridine rings is 1. The van der Waals surface area contributed by atoms with E-state index >= 15 is 0 Å². The molecule has 0 aliphatic heterocycles. The minimum atomic E-state index is -3.15. The molecular formula is C7H9NO3S. The molecular weight excluding hydrogens is 178 g/mol. The number of hydrogen-bond acceptors (Lipinski definition) is 4. The summed E-state index contributed by atoms with van der Waals surface area (Å²) in [5.74, 6) is 0.405. The second-order valence-electron chi connectivity index (χ2n) is 2.31. The van der Waals surface area contributed by atoms with E-state index in [0.29, 0.717) is 5.88 Å². The normalized spacial score (nSPS) is 11.2. The van der Waals surface area contributed by atoms with E-state index in [1.807, 2.05) is 0 Å². The number of sulfone groups is 1. The first-order valence-corrected chi connectivity index (χ1v) is 5.13. The summed E-state index contributed by atoms with van der Waals surface area (Å²) in [5, 5.41) is 0. The van der Waals surface area contributed by atoms with Crippen LogP contribution in [0.1, 0.15) is 0 Å². The van der Waals surface area contributed by atoms with Gasteiger partial charge in [0.25, 0.3) is 0 Å². The fraction of sp³-hybridized carbons (Fsp3) is 0.286. The van der Waals surface area contributed by atoms with Gasteiger partial charge in [-0.15, -0.1) is 0 Å². The van der Waals surface area contributed by atoms with Crippen molar-refractivity contribution < 1.29 is 13.2 Å². The standard InChI is InChI=1S/C7H9NO3S/c1-11-7-4-3-6(5-8-7)12(2,9)10/h3-5H,1-2H3. The summed E-state index contributed by atoms with van der Waals surface area (Å²) in [5.41, 5.74) is 0. The predicted molar refractivity (Wildman–Crippen MR) is 43.9 cm³/mol. The molecule has 0 amide bonds. The summed E-state index contributed by atoms with van der Waals surface area (Å²) < 4.78 is 26.7. The largest absolute Gasteiger partial charge is 0.481 e. The second kappa shape index (κ2) is 3.10. The molecule has 0 saturated carbocycles. The molecule has 66 valence electrons. The Morgan fingerprint density at radius 2 is 2.08 bits per heavy atom. The van der Waals surface area contributed by atoms with Crippen molar-refractivity contribution in [3.63, 3.8) is 0 Å². The molecule has 0 aliphatic carbocycles. The zero-order chi connectivity index (χ0) is 9.19. The Morgan fingerprint density at radius 3 is 2.42 bits per heavy atom. The molecule has 0 aromatic carbocycles. The number of aromatic nitrogens is 1. The Morgan fingerprint density at radius 1 is 1.42 bits per heavy atom. The monoisotopic (exact) mass is 187 g/mol. The summed E-state index contributed by atoms with van der Waals surface area (Å²) in [6, 6.07) is 2.97. The van der Waals surface area contributed by atoms with E-state index in [1.54, 1.807) is 0 Å². The molecule has 1 aromatic heterocycles. The van der Waals surface area contributed by atoms with Crippen LogP contribution in [0.2, 0.25) is 0 Å². The van der Waals surface area contributed by atoms with E-state index in [0.717, 1.165) is 6.26 Å². The van der Waals surface area contributed by atoms with Crippen molar-refractivity contribution in [2.75, 3.05) is 13.4 Å². The van der Waals surface area contributed by atoms with Gasteiger partial charge in [0.15, 0.2) is 9.84 Å². The maximum atomic E-state index is 11.0. The lowest BCUT2D eigenvalue weighted by atomic mass is 10.5. The molecule has 0 bridgehead atoms. The van der Waals surface area contributed by atoms with Crippen LogP contribution in [-0.4, -0.2) is 26.8 Å². The Labute approximate surface area is 71.1 Å². The fourth-order valence-electron chi connectivity index (χ4n) is 0.707. The molecule has 0 N–H and O–H groups in total. The van der Waals surface area contributed by atoms with Crippen LogP contribution in [0.15, 0.2) is 23.2 Å². The van der Waals surface area contributed by atoms with Gasteiger partial charge in [0, 0.05) is 18.5 Å². The number of methoxy groups -OCH3 is 1. The summed E-state index contributed by atoms with van der Waals surface area (Å²) in [6.07, 6.45) is 2.41. The van der Waals surface area contributed by atoms with E-state index in [2.05, 4.69) is 4.98 Å². The zero-order valence-corrected chi connectivity index (χ0v) is 7.63. The molecule has 0 atom stereocenters. The minimum absolute atomic E-state index is 0.198. The van der Waals surface area contributed by atoms with Gasteiger partial charge in [-0.05, 0) is 6.07 Å². The molecule has 1 rings (SSSR count). The fourth-order valence-corrected chi connectivity index (χ4v) is 1.27. The molecule has 5 heteroatoms. The number of rotatable bonds is 2.